The highest BCUT2D eigenvalue weighted by molar-refractivity contribution is 5.72. The molecule has 0 aliphatic carbocycles. The van der Waals surface area contributed by atoms with Gasteiger partial charge in [0.2, 0.25) is 0 Å². The van der Waals surface area contributed by atoms with Crippen LogP contribution in [0.2, 0.25) is 0 Å². The molecule has 0 aliphatic heterocycles. The van der Waals surface area contributed by atoms with Gasteiger partial charge in [-0.2, -0.15) is 0 Å². The lowest BCUT2D eigenvalue weighted by atomic mass is 10.1. The van der Waals surface area contributed by atoms with E-state index in [1.807, 2.05) is 6.08 Å². The molecule has 0 aromatic heterocycles. The predicted octanol–water partition coefficient (Wildman–Crippen LogP) is 17.5. The number of carbonyl (C=O) groups is 3. The number of ether oxygens (including phenoxy) is 3. The molecule has 65 heavy (non-hydrogen) atoms. The molecule has 0 bridgehead atoms. The molecule has 0 amide bonds. The molecule has 0 aliphatic rings. The van der Waals surface area contributed by atoms with Crippen molar-refractivity contribution in [2.24, 2.45) is 0 Å². The zero-order valence-electron chi connectivity index (χ0n) is 42.0. The summed E-state index contributed by atoms with van der Waals surface area (Å²) in [5, 5.41) is 0. The molecule has 0 radical (unpaired) electrons. The molecular formula is C59H96O6. The van der Waals surface area contributed by atoms with E-state index in [9.17, 15) is 14.4 Å². The lowest BCUT2D eigenvalue weighted by Crippen LogP contribution is -2.30. The van der Waals surface area contributed by atoms with E-state index in [4.69, 9.17) is 14.2 Å². The maximum atomic E-state index is 12.7. The maximum absolute atomic E-state index is 12.7. The summed E-state index contributed by atoms with van der Waals surface area (Å²) in [7, 11) is 0. The second-order valence-electron chi connectivity index (χ2n) is 17.0. The van der Waals surface area contributed by atoms with Gasteiger partial charge in [0.15, 0.2) is 6.10 Å². The van der Waals surface area contributed by atoms with Crippen LogP contribution in [-0.2, 0) is 28.6 Å². The predicted molar refractivity (Wildman–Crippen MR) is 279 cm³/mol. The monoisotopic (exact) mass is 901 g/mol. The van der Waals surface area contributed by atoms with Crippen molar-refractivity contribution in [3.8, 4) is 0 Å². The first-order chi connectivity index (χ1) is 32.0. The average Bonchev–Trinajstić information content (AvgIpc) is 3.30. The van der Waals surface area contributed by atoms with Crippen molar-refractivity contribution in [1.29, 1.82) is 0 Å². The zero-order valence-corrected chi connectivity index (χ0v) is 42.0. The number of hydrogen-bond donors (Lipinski definition) is 0. The van der Waals surface area contributed by atoms with Crippen LogP contribution in [0.4, 0.5) is 0 Å². The van der Waals surface area contributed by atoms with Gasteiger partial charge in [-0.15, -0.1) is 0 Å². The fraction of sp³-hybridized carbons (Fsp3) is 0.644. The summed E-state index contributed by atoms with van der Waals surface area (Å²) in [6.07, 6.45) is 71.0. The molecular weight excluding hydrogens is 805 g/mol. The molecule has 0 saturated carbocycles. The van der Waals surface area contributed by atoms with E-state index in [0.717, 1.165) is 103 Å². The normalized spacial score (nSPS) is 13.0. The van der Waals surface area contributed by atoms with Crippen LogP contribution in [0.5, 0.6) is 0 Å². The van der Waals surface area contributed by atoms with E-state index in [2.05, 4.69) is 118 Å². The first-order valence-corrected chi connectivity index (χ1v) is 26.4. The van der Waals surface area contributed by atoms with Crippen LogP contribution < -0.4 is 0 Å². The number of hydrogen-bond acceptors (Lipinski definition) is 6. The first-order valence-electron chi connectivity index (χ1n) is 26.4. The van der Waals surface area contributed by atoms with Crippen LogP contribution in [0.3, 0.4) is 0 Å². The lowest BCUT2D eigenvalue weighted by molar-refractivity contribution is -0.166. The van der Waals surface area contributed by atoms with Gasteiger partial charge in [0.25, 0.3) is 0 Å². The molecule has 0 fully saturated rings. The second-order valence-corrected chi connectivity index (χ2v) is 17.0. The molecule has 0 rings (SSSR count). The topological polar surface area (TPSA) is 78.9 Å². The molecule has 0 spiro atoms. The van der Waals surface area contributed by atoms with E-state index < -0.39 is 12.1 Å². The molecule has 6 nitrogen and oxygen atoms in total. The Morgan fingerprint density at radius 2 is 0.646 bits per heavy atom. The van der Waals surface area contributed by atoms with Gasteiger partial charge in [0, 0.05) is 12.8 Å². The molecule has 0 N–H and O–H groups in total. The van der Waals surface area contributed by atoms with Gasteiger partial charge in [0.05, 0.1) is 6.42 Å². The molecule has 1 unspecified atom stereocenters. The van der Waals surface area contributed by atoms with Gasteiger partial charge >= 0.3 is 17.9 Å². The van der Waals surface area contributed by atoms with Crippen LogP contribution >= 0.6 is 0 Å². The Hall–Kier alpha value is -3.93. The Morgan fingerprint density at radius 1 is 0.338 bits per heavy atom. The van der Waals surface area contributed by atoms with Crippen molar-refractivity contribution < 1.29 is 28.6 Å². The summed E-state index contributed by atoms with van der Waals surface area (Å²) in [5.74, 6) is -1.08. The van der Waals surface area contributed by atoms with Crippen molar-refractivity contribution in [2.45, 2.75) is 232 Å². The van der Waals surface area contributed by atoms with Gasteiger partial charge in [-0.1, -0.05) is 214 Å². The van der Waals surface area contributed by atoms with Crippen LogP contribution in [-0.4, -0.2) is 37.2 Å². The summed E-state index contributed by atoms with van der Waals surface area (Å²) in [4.78, 5) is 38.0. The standard InChI is InChI=1S/C59H96O6/c1-4-7-10-13-16-19-22-25-28-29-32-34-37-40-43-46-49-52-58(61)64-55-56(65-59(62)53-50-47-44-41-38-35-31-27-24-21-18-15-12-9-6-3)54-63-57(60)51-48-45-42-39-36-33-30-26-23-20-17-14-11-8-5-2/h7,9-10,12,16,18-19,21,25-28,30-31,38,41,47,50,56H,4-6,8,11,13-15,17,20,22-24,29,32-37,39-40,42-46,48-49,51-55H2,1-3H3/b10-7-,12-9-,19-16-,21-18-,28-25-,30-26-,31-27-,41-38-,50-47-. The van der Waals surface area contributed by atoms with Gasteiger partial charge in [0.1, 0.15) is 13.2 Å². The molecule has 6 heteroatoms. The number of unbranched alkanes of at least 4 members (excludes halogenated alkanes) is 18. The van der Waals surface area contributed by atoms with E-state index in [1.54, 1.807) is 6.08 Å². The van der Waals surface area contributed by atoms with Gasteiger partial charge in [-0.3, -0.25) is 14.4 Å². The second kappa shape index (κ2) is 52.7. The fourth-order valence-electron chi connectivity index (χ4n) is 6.88. The number of carbonyl (C=O) groups excluding carboxylic acids is 3. The molecule has 1 atom stereocenters. The number of rotatable bonds is 46. The SMILES string of the molecule is CC/C=C\C/C=C\C/C=C\C/C=C\C/C=C\CC(=O)OC(COC(=O)CCCCCCC/C=C\CCCCCCCC)COC(=O)CCCCCCCCC/C=C\C/C=C\C/C=C\CC. The maximum Gasteiger partial charge on any atom is 0.310 e. The summed E-state index contributed by atoms with van der Waals surface area (Å²) < 4.78 is 16.7. The fourth-order valence-corrected chi connectivity index (χ4v) is 6.88. The Bertz CT molecular complexity index is 1360. The smallest absolute Gasteiger partial charge is 0.310 e. The largest absolute Gasteiger partial charge is 0.462 e. The zero-order chi connectivity index (χ0) is 47.2. The number of esters is 3. The van der Waals surface area contributed by atoms with Gasteiger partial charge < -0.3 is 14.2 Å². The van der Waals surface area contributed by atoms with Crippen LogP contribution in [0, 0.1) is 0 Å². The third-order valence-corrected chi connectivity index (χ3v) is 10.8. The first kappa shape index (κ1) is 61.1. The highest BCUT2D eigenvalue weighted by Gasteiger charge is 2.19. The average molecular weight is 901 g/mol. The molecule has 0 heterocycles. The van der Waals surface area contributed by atoms with E-state index in [1.165, 1.54) is 77.0 Å². The highest BCUT2D eigenvalue weighted by atomic mass is 16.6. The highest BCUT2D eigenvalue weighted by Crippen LogP contribution is 2.13. The van der Waals surface area contributed by atoms with Crippen LogP contribution in [0.25, 0.3) is 0 Å². The van der Waals surface area contributed by atoms with Crippen molar-refractivity contribution >= 4 is 17.9 Å². The van der Waals surface area contributed by atoms with Crippen LogP contribution in [0.15, 0.2) is 109 Å². The summed E-state index contributed by atoms with van der Waals surface area (Å²) >= 11 is 0. The third kappa shape index (κ3) is 50.9. The minimum Gasteiger partial charge on any atom is -0.462 e. The van der Waals surface area contributed by atoms with E-state index >= 15 is 0 Å². The Balaban J connectivity index is 4.54. The third-order valence-electron chi connectivity index (χ3n) is 10.8. The van der Waals surface area contributed by atoms with E-state index in [-0.39, 0.29) is 31.6 Å². The van der Waals surface area contributed by atoms with E-state index in [0.29, 0.717) is 19.3 Å². The van der Waals surface area contributed by atoms with Crippen molar-refractivity contribution in [3.63, 3.8) is 0 Å². The molecule has 0 aromatic rings. The Labute approximate surface area is 400 Å². The van der Waals surface area contributed by atoms with Crippen LogP contribution in [0.1, 0.15) is 226 Å². The Morgan fingerprint density at radius 3 is 1.03 bits per heavy atom. The van der Waals surface area contributed by atoms with Crippen molar-refractivity contribution in [2.75, 3.05) is 13.2 Å². The van der Waals surface area contributed by atoms with Gasteiger partial charge in [-0.25, -0.2) is 0 Å². The van der Waals surface area contributed by atoms with Gasteiger partial charge in [-0.05, 0) is 103 Å². The molecule has 0 aromatic carbocycles. The summed E-state index contributed by atoms with van der Waals surface area (Å²) in [6, 6.07) is 0. The molecule has 368 valence electrons. The van der Waals surface area contributed by atoms with Crippen molar-refractivity contribution in [1.82, 2.24) is 0 Å². The van der Waals surface area contributed by atoms with Crippen molar-refractivity contribution in [3.05, 3.63) is 109 Å². The minimum absolute atomic E-state index is 0.0898. The Kier molecular flexibility index (Phi) is 49.5. The minimum atomic E-state index is -0.841. The molecule has 0 saturated heterocycles. The number of allylic oxidation sites excluding steroid dienone is 17. The quantitative estimate of drug-likeness (QED) is 0.0262. The summed E-state index contributed by atoms with van der Waals surface area (Å²) in [5.41, 5.74) is 0. The summed E-state index contributed by atoms with van der Waals surface area (Å²) in [6.45, 7) is 6.30. The lowest BCUT2D eigenvalue weighted by Gasteiger charge is -2.18.